The van der Waals surface area contributed by atoms with E-state index < -0.39 is 0 Å². The molecule has 0 aliphatic heterocycles. The number of amides is 2. The molecule has 4 rings (SSSR count). The van der Waals surface area contributed by atoms with E-state index in [1.165, 1.54) is 29.6 Å². The van der Waals surface area contributed by atoms with E-state index in [1.807, 2.05) is 52.7 Å². The van der Waals surface area contributed by atoms with Crippen LogP contribution in [0.3, 0.4) is 0 Å². The van der Waals surface area contributed by atoms with Gasteiger partial charge >= 0.3 is 0 Å². The molecule has 0 fully saturated rings. The fourth-order valence-electron chi connectivity index (χ4n) is 2.58. The van der Waals surface area contributed by atoms with E-state index in [1.54, 1.807) is 6.07 Å². The summed E-state index contributed by atoms with van der Waals surface area (Å²) in [4.78, 5) is 28.9. The predicted molar refractivity (Wildman–Crippen MR) is 106 cm³/mol. The van der Waals surface area contributed by atoms with Gasteiger partial charge in [-0.15, -0.1) is 11.3 Å². The summed E-state index contributed by atoms with van der Waals surface area (Å²) in [7, 11) is 0. The van der Waals surface area contributed by atoms with E-state index >= 15 is 0 Å². The first kappa shape index (κ1) is 16.5. The second-order valence-corrected chi connectivity index (χ2v) is 7.51. The molecule has 26 heavy (non-hydrogen) atoms. The van der Waals surface area contributed by atoms with Crippen molar-refractivity contribution in [2.24, 2.45) is 0 Å². The minimum atomic E-state index is -0.190. The predicted octanol–water partition coefficient (Wildman–Crippen LogP) is 4.36. The van der Waals surface area contributed by atoms with Crippen molar-refractivity contribution >= 4 is 55.5 Å². The Balaban J connectivity index is 1.58. The van der Waals surface area contributed by atoms with Gasteiger partial charge in [0, 0.05) is 25.0 Å². The van der Waals surface area contributed by atoms with Gasteiger partial charge < -0.3 is 9.88 Å². The molecule has 3 heterocycles. The van der Waals surface area contributed by atoms with Crippen LogP contribution < -0.4 is 10.6 Å². The van der Waals surface area contributed by atoms with E-state index in [9.17, 15) is 9.59 Å². The number of hydrogen-bond donors (Lipinski definition) is 2. The van der Waals surface area contributed by atoms with Crippen LogP contribution >= 0.6 is 22.7 Å². The number of fused-ring (bicyclic) bond motifs is 1. The van der Waals surface area contributed by atoms with Crippen molar-refractivity contribution in [2.75, 3.05) is 10.6 Å². The number of rotatable bonds is 4. The van der Waals surface area contributed by atoms with E-state index in [4.69, 9.17) is 0 Å². The number of nitrogens with one attached hydrogen (secondary N) is 2. The zero-order valence-corrected chi connectivity index (χ0v) is 15.4. The normalized spacial score (nSPS) is 10.8. The SMILES string of the molecule is CC(=O)Nc1ccc2nc(NC(=O)c3sccc3-n3cccc3)sc2c1. The number of carbonyl (C=O) groups excluding carboxylic acids is 2. The number of benzene rings is 1. The summed E-state index contributed by atoms with van der Waals surface area (Å²) in [5.74, 6) is -0.317. The molecule has 0 bridgehead atoms. The van der Waals surface area contributed by atoms with Gasteiger partial charge in [-0.05, 0) is 41.8 Å². The standard InChI is InChI=1S/C18H14N4O2S2/c1-11(23)19-12-4-5-13-15(10-12)26-18(20-13)21-17(24)16-14(6-9-25-16)22-7-2-3-8-22/h2-10H,1H3,(H,19,23)(H,20,21,24). The molecule has 1 aromatic carbocycles. The summed E-state index contributed by atoms with van der Waals surface area (Å²) < 4.78 is 2.80. The first-order valence-corrected chi connectivity index (χ1v) is 9.50. The monoisotopic (exact) mass is 382 g/mol. The fourth-order valence-corrected chi connectivity index (χ4v) is 4.27. The smallest absolute Gasteiger partial charge is 0.269 e. The quantitative estimate of drug-likeness (QED) is 0.551. The summed E-state index contributed by atoms with van der Waals surface area (Å²) >= 11 is 2.76. The lowest BCUT2D eigenvalue weighted by Crippen LogP contribution is -2.12. The molecule has 4 aromatic rings. The topological polar surface area (TPSA) is 76.0 Å². The van der Waals surface area contributed by atoms with Crippen LogP contribution in [-0.4, -0.2) is 21.4 Å². The van der Waals surface area contributed by atoms with Crippen LogP contribution in [0, 0.1) is 0 Å². The zero-order valence-electron chi connectivity index (χ0n) is 13.7. The van der Waals surface area contributed by atoms with Gasteiger partial charge in [0.25, 0.3) is 5.91 Å². The molecule has 6 nitrogen and oxygen atoms in total. The van der Waals surface area contributed by atoms with Crippen molar-refractivity contribution in [1.82, 2.24) is 9.55 Å². The maximum absolute atomic E-state index is 12.7. The van der Waals surface area contributed by atoms with E-state index in [0.717, 1.165) is 15.9 Å². The second kappa shape index (κ2) is 6.74. The van der Waals surface area contributed by atoms with E-state index in [-0.39, 0.29) is 11.8 Å². The van der Waals surface area contributed by atoms with E-state index in [2.05, 4.69) is 15.6 Å². The van der Waals surface area contributed by atoms with Crippen LogP contribution in [0.2, 0.25) is 0 Å². The van der Waals surface area contributed by atoms with Crippen LogP contribution in [0.15, 0.2) is 54.2 Å². The van der Waals surface area contributed by atoms with Gasteiger partial charge in [0.05, 0.1) is 15.9 Å². The third-order valence-corrected chi connectivity index (χ3v) is 5.50. The molecule has 0 saturated carbocycles. The highest BCUT2D eigenvalue weighted by atomic mass is 32.1. The lowest BCUT2D eigenvalue weighted by Gasteiger charge is -2.04. The Hall–Kier alpha value is -2.97. The van der Waals surface area contributed by atoms with Crippen molar-refractivity contribution < 1.29 is 9.59 Å². The molecule has 0 aliphatic rings. The molecule has 0 unspecified atom stereocenters. The Morgan fingerprint density at radius 2 is 1.92 bits per heavy atom. The van der Waals surface area contributed by atoms with Crippen LogP contribution in [0.25, 0.3) is 15.9 Å². The molecule has 130 valence electrons. The number of aromatic nitrogens is 2. The molecular weight excluding hydrogens is 368 g/mol. The Kier molecular flexibility index (Phi) is 4.27. The summed E-state index contributed by atoms with van der Waals surface area (Å²) in [6, 6.07) is 11.2. The van der Waals surface area contributed by atoms with Crippen molar-refractivity contribution in [3.05, 3.63) is 59.0 Å². The van der Waals surface area contributed by atoms with Crippen molar-refractivity contribution in [1.29, 1.82) is 0 Å². The van der Waals surface area contributed by atoms with E-state index in [0.29, 0.717) is 15.7 Å². The van der Waals surface area contributed by atoms with Crippen LogP contribution in [0.5, 0.6) is 0 Å². The maximum atomic E-state index is 12.7. The van der Waals surface area contributed by atoms with Crippen LogP contribution in [0.4, 0.5) is 10.8 Å². The molecule has 8 heteroatoms. The first-order valence-electron chi connectivity index (χ1n) is 7.80. The summed E-state index contributed by atoms with van der Waals surface area (Å²) in [6.45, 7) is 1.46. The molecular formula is C18H14N4O2S2. The molecule has 0 atom stereocenters. The third-order valence-electron chi connectivity index (χ3n) is 3.66. The minimum Gasteiger partial charge on any atom is -0.326 e. The lowest BCUT2D eigenvalue weighted by atomic mass is 10.3. The van der Waals surface area contributed by atoms with Crippen molar-refractivity contribution in [3.8, 4) is 5.69 Å². The third kappa shape index (κ3) is 3.24. The average Bonchev–Trinajstić information content (AvgIpc) is 3.33. The lowest BCUT2D eigenvalue weighted by molar-refractivity contribution is -0.114. The molecule has 3 aromatic heterocycles. The van der Waals surface area contributed by atoms with Gasteiger partial charge in [-0.25, -0.2) is 4.98 Å². The average molecular weight is 382 g/mol. The minimum absolute atomic E-state index is 0.127. The zero-order chi connectivity index (χ0) is 18.1. The molecule has 0 radical (unpaired) electrons. The summed E-state index contributed by atoms with van der Waals surface area (Å²) in [6.07, 6.45) is 3.81. The molecule has 0 spiro atoms. The summed E-state index contributed by atoms with van der Waals surface area (Å²) in [5, 5.41) is 8.03. The van der Waals surface area contributed by atoms with Gasteiger partial charge in [0.1, 0.15) is 4.88 Å². The van der Waals surface area contributed by atoms with Crippen molar-refractivity contribution in [3.63, 3.8) is 0 Å². The molecule has 0 saturated heterocycles. The summed E-state index contributed by atoms with van der Waals surface area (Å²) in [5.41, 5.74) is 2.32. The number of carbonyl (C=O) groups is 2. The highest BCUT2D eigenvalue weighted by Crippen LogP contribution is 2.30. The Bertz CT molecular complexity index is 1100. The number of hydrogen-bond acceptors (Lipinski definition) is 5. The molecule has 0 aliphatic carbocycles. The Morgan fingerprint density at radius 1 is 1.12 bits per heavy atom. The highest BCUT2D eigenvalue weighted by Gasteiger charge is 2.16. The van der Waals surface area contributed by atoms with Crippen LogP contribution in [0.1, 0.15) is 16.6 Å². The molecule has 2 N–H and O–H groups in total. The first-order chi connectivity index (χ1) is 12.6. The van der Waals surface area contributed by atoms with Gasteiger partial charge in [-0.2, -0.15) is 0 Å². The van der Waals surface area contributed by atoms with Gasteiger partial charge in [-0.3, -0.25) is 14.9 Å². The maximum Gasteiger partial charge on any atom is 0.269 e. The Labute approximate surface area is 157 Å². The number of nitrogens with zero attached hydrogens (tertiary/aromatic N) is 2. The Morgan fingerprint density at radius 3 is 2.69 bits per heavy atom. The fraction of sp³-hybridized carbons (Fsp3) is 0.0556. The molecule has 2 amide bonds. The van der Waals surface area contributed by atoms with Gasteiger partial charge in [-0.1, -0.05) is 11.3 Å². The van der Waals surface area contributed by atoms with Gasteiger partial charge in [0.2, 0.25) is 5.91 Å². The highest BCUT2D eigenvalue weighted by molar-refractivity contribution is 7.22. The number of anilines is 2. The van der Waals surface area contributed by atoms with Crippen LogP contribution in [-0.2, 0) is 4.79 Å². The van der Waals surface area contributed by atoms with Gasteiger partial charge in [0.15, 0.2) is 5.13 Å². The largest absolute Gasteiger partial charge is 0.326 e. The number of thiophene rings is 1. The van der Waals surface area contributed by atoms with Crippen molar-refractivity contribution in [2.45, 2.75) is 6.92 Å². The second-order valence-electron chi connectivity index (χ2n) is 5.56. The number of thiazole rings is 1.